The Kier molecular flexibility index (Phi) is 6.51. The van der Waals surface area contributed by atoms with Gasteiger partial charge in [0.1, 0.15) is 0 Å². The largest absolute Gasteiger partial charge is 0.346 e. The van der Waals surface area contributed by atoms with Crippen LogP contribution in [0.4, 0.5) is 5.69 Å². The number of halogens is 1. The standard InChI is InChI=1S/C24H30ClN3O2/c1-6-16(10-11-27(5)22(29)7-2)17-12-19(15-26-14-17)28-23(30)20-9-8-18(25)13-21(20)24(28,3)4/h8-9,12-16H,6-7,10-11H2,1-5H3. The Morgan fingerprint density at radius 2 is 1.97 bits per heavy atom. The van der Waals surface area contributed by atoms with E-state index in [1.165, 1.54) is 0 Å². The van der Waals surface area contributed by atoms with Gasteiger partial charge in [-0.25, -0.2) is 0 Å². The van der Waals surface area contributed by atoms with Crippen LogP contribution in [-0.4, -0.2) is 35.3 Å². The van der Waals surface area contributed by atoms with E-state index in [0.29, 0.717) is 23.6 Å². The molecule has 2 aromatic rings. The average molecular weight is 428 g/mol. The number of hydrogen-bond donors (Lipinski definition) is 0. The van der Waals surface area contributed by atoms with Crippen molar-refractivity contribution in [2.75, 3.05) is 18.5 Å². The normalized spacial score (nSPS) is 15.8. The summed E-state index contributed by atoms with van der Waals surface area (Å²) in [5.41, 5.74) is 2.96. The molecule has 0 fully saturated rings. The van der Waals surface area contributed by atoms with Crippen molar-refractivity contribution in [3.05, 3.63) is 58.4 Å². The second kappa shape index (κ2) is 8.76. The predicted molar refractivity (Wildman–Crippen MR) is 121 cm³/mol. The predicted octanol–water partition coefficient (Wildman–Crippen LogP) is 5.38. The molecule has 1 aliphatic heterocycles. The molecule has 0 N–H and O–H groups in total. The maximum absolute atomic E-state index is 13.2. The van der Waals surface area contributed by atoms with Crippen molar-refractivity contribution in [1.29, 1.82) is 0 Å². The van der Waals surface area contributed by atoms with Gasteiger partial charge in [-0.15, -0.1) is 0 Å². The Morgan fingerprint density at radius 1 is 1.23 bits per heavy atom. The smallest absolute Gasteiger partial charge is 0.259 e. The molecule has 3 rings (SSSR count). The summed E-state index contributed by atoms with van der Waals surface area (Å²) in [5, 5.41) is 0.625. The fraction of sp³-hybridized carbons (Fsp3) is 0.458. The van der Waals surface area contributed by atoms with Crippen molar-refractivity contribution in [1.82, 2.24) is 9.88 Å². The van der Waals surface area contributed by atoms with E-state index >= 15 is 0 Å². The van der Waals surface area contributed by atoms with Crippen molar-refractivity contribution >= 4 is 29.1 Å². The molecule has 0 bridgehead atoms. The highest BCUT2D eigenvalue weighted by atomic mass is 35.5. The van der Waals surface area contributed by atoms with Crippen LogP contribution in [0.15, 0.2) is 36.7 Å². The molecule has 1 atom stereocenters. The van der Waals surface area contributed by atoms with Gasteiger partial charge in [0.05, 0.1) is 17.4 Å². The highest BCUT2D eigenvalue weighted by Gasteiger charge is 2.44. The Morgan fingerprint density at radius 3 is 2.63 bits per heavy atom. The van der Waals surface area contributed by atoms with E-state index in [2.05, 4.69) is 18.0 Å². The van der Waals surface area contributed by atoms with Gasteiger partial charge in [0, 0.05) is 36.8 Å². The first-order valence-electron chi connectivity index (χ1n) is 10.5. The molecule has 160 valence electrons. The van der Waals surface area contributed by atoms with Gasteiger partial charge in [0.2, 0.25) is 5.91 Å². The van der Waals surface area contributed by atoms with E-state index in [4.69, 9.17) is 11.6 Å². The molecule has 1 aromatic carbocycles. The molecule has 2 heterocycles. The molecule has 1 aliphatic rings. The van der Waals surface area contributed by atoms with Gasteiger partial charge in [0.25, 0.3) is 5.91 Å². The van der Waals surface area contributed by atoms with Crippen LogP contribution < -0.4 is 4.90 Å². The topological polar surface area (TPSA) is 53.5 Å². The zero-order chi connectivity index (χ0) is 22.1. The molecule has 0 saturated heterocycles. The van der Waals surface area contributed by atoms with Gasteiger partial charge in [-0.05, 0) is 68.0 Å². The maximum atomic E-state index is 13.2. The molecule has 2 amide bonds. The molecule has 1 unspecified atom stereocenters. The summed E-state index contributed by atoms with van der Waals surface area (Å²) in [5.74, 6) is 0.381. The maximum Gasteiger partial charge on any atom is 0.259 e. The molecule has 5 nitrogen and oxygen atoms in total. The Balaban J connectivity index is 1.88. The third kappa shape index (κ3) is 4.08. The first-order chi connectivity index (χ1) is 14.2. The summed E-state index contributed by atoms with van der Waals surface area (Å²) >= 11 is 6.20. The van der Waals surface area contributed by atoms with Crippen molar-refractivity contribution < 1.29 is 9.59 Å². The second-order valence-corrected chi connectivity index (χ2v) is 8.87. The number of rotatable bonds is 7. The molecule has 6 heteroatoms. The second-order valence-electron chi connectivity index (χ2n) is 8.43. The SMILES string of the molecule is CCC(=O)N(C)CCC(CC)c1cncc(N2C(=O)c3ccc(Cl)cc3C2(C)C)c1. The number of fused-ring (bicyclic) bond motifs is 1. The number of nitrogens with zero attached hydrogens (tertiary/aromatic N) is 3. The number of benzene rings is 1. The third-order valence-electron chi connectivity index (χ3n) is 6.14. The fourth-order valence-corrected chi connectivity index (χ4v) is 4.46. The van der Waals surface area contributed by atoms with Crippen molar-refractivity contribution in [3.63, 3.8) is 0 Å². The lowest BCUT2D eigenvalue weighted by Gasteiger charge is -2.33. The van der Waals surface area contributed by atoms with Crippen LogP contribution in [0.1, 0.15) is 74.4 Å². The average Bonchev–Trinajstić information content (AvgIpc) is 2.92. The quantitative estimate of drug-likeness (QED) is 0.595. The van der Waals surface area contributed by atoms with Gasteiger partial charge in [-0.2, -0.15) is 0 Å². The molecular weight excluding hydrogens is 398 g/mol. The first-order valence-corrected chi connectivity index (χ1v) is 10.9. The number of anilines is 1. The number of amides is 2. The van der Waals surface area contributed by atoms with Gasteiger partial charge in [0.15, 0.2) is 0 Å². The van der Waals surface area contributed by atoms with E-state index < -0.39 is 5.54 Å². The Hall–Kier alpha value is -2.40. The van der Waals surface area contributed by atoms with Crippen LogP contribution in [-0.2, 0) is 10.3 Å². The van der Waals surface area contributed by atoms with E-state index in [1.54, 1.807) is 23.2 Å². The molecule has 0 spiro atoms. The lowest BCUT2D eigenvalue weighted by Crippen LogP contribution is -2.39. The van der Waals surface area contributed by atoms with Crippen LogP contribution in [0.5, 0.6) is 0 Å². The molecule has 0 aliphatic carbocycles. The summed E-state index contributed by atoms with van der Waals surface area (Å²) < 4.78 is 0. The third-order valence-corrected chi connectivity index (χ3v) is 6.38. The Bertz CT molecular complexity index is 957. The number of carbonyl (C=O) groups is 2. The fourth-order valence-electron chi connectivity index (χ4n) is 4.29. The number of aromatic nitrogens is 1. The van der Waals surface area contributed by atoms with Crippen LogP contribution in [0.3, 0.4) is 0 Å². The van der Waals surface area contributed by atoms with E-state index in [1.807, 2.05) is 45.0 Å². The lowest BCUT2D eigenvalue weighted by molar-refractivity contribution is -0.129. The van der Waals surface area contributed by atoms with E-state index in [0.717, 1.165) is 29.7 Å². The number of carbonyl (C=O) groups excluding carboxylic acids is 2. The molecular formula is C24H30ClN3O2. The summed E-state index contributed by atoms with van der Waals surface area (Å²) in [4.78, 5) is 33.1. The minimum atomic E-state index is -0.521. The van der Waals surface area contributed by atoms with Crippen molar-refractivity contribution in [2.45, 2.75) is 58.4 Å². The van der Waals surface area contributed by atoms with Crippen LogP contribution >= 0.6 is 11.6 Å². The van der Waals surface area contributed by atoms with E-state index in [9.17, 15) is 9.59 Å². The first kappa shape index (κ1) is 22.3. The Labute approximate surface area is 184 Å². The molecule has 1 aromatic heterocycles. The minimum absolute atomic E-state index is 0.0352. The zero-order valence-electron chi connectivity index (χ0n) is 18.4. The van der Waals surface area contributed by atoms with Crippen molar-refractivity contribution in [3.8, 4) is 0 Å². The summed E-state index contributed by atoms with van der Waals surface area (Å²) in [7, 11) is 1.85. The summed E-state index contributed by atoms with van der Waals surface area (Å²) in [6.07, 6.45) is 5.93. The highest BCUT2D eigenvalue weighted by molar-refractivity contribution is 6.31. The minimum Gasteiger partial charge on any atom is -0.346 e. The van der Waals surface area contributed by atoms with Gasteiger partial charge >= 0.3 is 0 Å². The van der Waals surface area contributed by atoms with Crippen LogP contribution in [0, 0.1) is 0 Å². The summed E-state index contributed by atoms with van der Waals surface area (Å²) in [6.45, 7) is 8.78. The van der Waals surface area contributed by atoms with Gasteiger partial charge in [-0.1, -0.05) is 25.4 Å². The monoisotopic (exact) mass is 427 g/mol. The number of hydrogen-bond acceptors (Lipinski definition) is 3. The molecule has 0 saturated carbocycles. The molecule has 0 radical (unpaired) electrons. The van der Waals surface area contributed by atoms with Crippen molar-refractivity contribution in [2.24, 2.45) is 0 Å². The van der Waals surface area contributed by atoms with Gasteiger partial charge in [-0.3, -0.25) is 19.5 Å². The van der Waals surface area contributed by atoms with Gasteiger partial charge < -0.3 is 4.90 Å². The number of pyridine rings is 1. The van der Waals surface area contributed by atoms with Crippen LogP contribution in [0.2, 0.25) is 5.02 Å². The molecule has 30 heavy (non-hydrogen) atoms. The van der Waals surface area contributed by atoms with Crippen LogP contribution in [0.25, 0.3) is 0 Å². The van der Waals surface area contributed by atoms with E-state index in [-0.39, 0.29) is 17.7 Å². The lowest BCUT2D eigenvalue weighted by atomic mass is 9.92. The highest BCUT2D eigenvalue weighted by Crippen LogP contribution is 2.43. The zero-order valence-corrected chi connectivity index (χ0v) is 19.2. The summed E-state index contributed by atoms with van der Waals surface area (Å²) in [6, 6.07) is 7.50.